The molecule has 0 radical (unpaired) electrons. The summed E-state index contributed by atoms with van der Waals surface area (Å²) >= 11 is 12.4. The van der Waals surface area contributed by atoms with Crippen molar-refractivity contribution in [2.45, 2.75) is 20.3 Å². The molecule has 7 heteroatoms. The molecule has 116 valence electrons. The average Bonchev–Trinajstić information content (AvgIpc) is 2.88. The number of amides is 1. The smallest absolute Gasteiger partial charge is 0.279 e. The van der Waals surface area contributed by atoms with E-state index in [1.54, 1.807) is 24.3 Å². The van der Waals surface area contributed by atoms with Crippen LogP contribution in [-0.2, 0) is 6.42 Å². The summed E-state index contributed by atoms with van der Waals surface area (Å²) in [4.78, 5) is 13.9. The van der Waals surface area contributed by atoms with Gasteiger partial charge in [0.2, 0.25) is 0 Å². The van der Waals surface area contributed by atoms with Crippen molar-refractivity contribution in [2.75, 3.05) is 5.32 Å². The second-order valence-electron chi connectivity index (χ2n) is 4.59. The molecular weight excluding hydrogens is 338 g/mol. The van der Waals surface area contributed by atoms with Gasteiger partial charge in [-0.1, -0.05) is 18.5 Å². The third-order valence-corrected chi connectivity index (χ3v) is 4.56. The Hall–Kier alpha value is -1.63. The zero-order chi connectivity index (χ0) is 16.1. The van der Waals surface area contributed by atoms with E-state index < -0.39 is 0 Å². The van der Waals surface area contributed by atoms with Gasteiger partial charge < -0.3 is 5.32 Å². The predicted octanol–water partition coefficient (Wildman–Crippen LogP) is 3.90. The predicted molar refractivity (Wildman–Crippen MR) is 96.7 cm³/mol. The number of carbonyl (C=O) groups is 1. The number of anilines is 1. The van der Waals surface area contributed by atoms with Gasteiger partial charge in [-0.05, 0) is 61.5 Å². The van der Waals surface area contributed by atoms with Gasteiger partial charge in [-0.15, -0.1) is 11.3 Å². The molecule has 0 aliphatic carbocycles. The fraction of sp³-hybridized carbons (Fsp3) is 0.200. The topological polar surface area (TPSA) is 53.2 Å². The lowest BCUT2D eigenvalue weighted by Gasteiger charge is -2.11. The average molecular weight is 354 g/mol. The van der Waals surface area contributed by atoms with Crippen LogP contribution in [0.2, 0.25) is 5.02 Å². The zero-order valence-electron chi connectivity index (χ0n) is 12.2. The number of carbonyl (C=O) groups excluding carboxylic acids is 1. The molecule has 2 rings (SSSR count). The first-order valence-electron chi connectivity index (χ1n) is 6.71. The van der Waals surface area contributed by atoms with E-state index in [0.717, 1.165) is 17.0 Å². The molecule has 22 heavy (non-hydrogen) atoms. The fourth-order valence-corrected chi connectivity index (χ4v) is 3.16. The molecule has 0 aliphatic rings. The number of hydrogen-bond donors (Lipinski definition) is 3. The first-order chi connectivity index (χ1) is 10.5. The standard InChI is InChI=1S/C15H16ClN3OS2/c1-3-10-8-13(22-9(10)2)14(20)18-19-15(21)17-12-6-4-11(16)5-7-12/h4-8H,3H2,1-2H3,(H,18,20)(H2,17,19,21). The SMILES string of the molecule is CCc1cc(C(=O)NNC(=S)Nc2ccc(Cl)cc2)sc1C. The van der Waals surface area contributed by atoms with Crippen LogP contribution in [0.1, 0.15) is 27.0 Å². The van der Waals surface area contributed by atoms with Crippen LogP contribution in [0.4, 0.5) is 5.69 Å². The number of nitrogens with one attached hydrogen (secondary N) is 3. The number of thiocarbonyl (C=S) groups is 1. The second-order valence-corrected chi connectivity index (χ2v) is 6.69. The van der Waals surface area contributed by atoms with E-state index in [1.165, 1.54) is 16.9 Å². The summed E-state index contributed by atoms with van der Waals surface area (Å²) in [5.41, 5.74) is 7.25. The molecule has 0 unspecified atom stereocenters. The molecule has 1 aromatic carbocycles. The van der Waals surface area contributed by atoms with Crippen molar-refractivity contribution in [2.24, 2.45) is 0 Å². The maximum Gasteiger partial charge on any atom is 0.279 e. The van der Waals surface area contributed by atoms with E-state index in [-0.39, 0.29) is 5.91 Å². The van der Waals surface area contributed by atoms with Gasteiger partial charge in [0.15, 0.2) is 5.11 Å². The van der Waals surface area contributed by atoms with Gasteiger partial charge in [0.05, 0.1) is 4.88 Å². The zero-order valence-corrected chi connectivity index (χ0v) is 14.6. The van der Waals surface area contributed by atoms with Crippen LogP contribution >= 0.6 is 35.2 Å². The number of thiophene rings is 1. The van der Waals surface area contributed by atoms with E-state index in [0.29, 0.717) is 15.0 Å². The van der Waals surface area contributed by atoms with Gasteiger partial charge >= 0.3 is 0 Å². The number of benzene rings is 1. The van der Waals surface area contributed by atoms with Gasteiger partial charge in [-0.2, -0.15) is 0 Å². The molecule has 0 bridgehead atoms. The molecule has 0 fully saturated rings. The summed E-state index contributed by atoms with van der Waals surface area (Å²) in [7, 11) is 0. The molecule has 3 N–H and O–H groups in total. The van der Waals surface area contributed by atoms with Gasteiger partial charge in [-0.25, -0.2) is 0 Å². The molecule has 1 amide bonds. The first kappa shape index (κ1) is 16.7. The van der Waals surface area contributed by atoms with Crippen LogP contribution in [0.25, 0.3) is 0 Å². The highest BCUT2D eigenvalue weighted by atomic mass is 35.5. The highest BCUT2D eigenvalue weighted by Gasteiger charge is 2.11. The van der Waals surface area contributed by atoms with E-state index in [4.69, 9.17) is 23.8 Å². The lowest BCUT2D eigenvalue weighted by Crippen LogP contribution is -2.43. The third kappa shape index (κ3) is 4.43. The van der Waals surface area contributed by atoms with Crippen molar-refractivity contribution in [1.29, 1.82) is 0 Å². The summed E-state index contributed by atoms with van der Waals surface area (Å²) < 4.78 is 0. The van der Waals surface area contributed by atoms with Crippen LogP contribution < -0.4 is 16.2 Å². The molecule has 2 aromatic rings. The Morgan fingerprint density at radius 2 is 1.95 bits per heavy atom. The number of rotatable bonds is 3. The summed E-state index contributed by atoms with van der Waals surface area (Å²) in [5.74, 6) is -0.201. The molecule has 4 nitrogen and oxygen atoms in total. The lowest BCUT2D eigenvalue weighted by atomic mass is 10.2. The van der Waals surface area contributed by atoms with E-state index in [9.17, 15) is 4.79 Å². The minimum Gasteiger partial charge on any atom is -0.331 e. The maximum atomic E-state index is 12.1. The van der Waals surface area contributed by atoms with Crippen LogP contribution in [-0.4, -0.2) is 11.0 Å². The Bertz CT molecular complexity index is 683. The monoisotopic (exact) mass is 353 g/mol. The molecule has 0 saturated heterocycles. The summed E-state index contributed by atoms with van der Waals surface area (Å²) in [6, 6.07) is 9.02. The number of aryl methyl sites for hydroxylation is 2. The van der Waals surface area contributed by atoms with Crippen molar-refractivity contribution in [3.8, 4) is 0 Å². The summed E-state index contributed by atoms with van der Waals surface area (Å²) in [6.07, 6.45) is 0.916. The Morgan fingerprint density at radius 1 is 1.27 bits per heavy atom. The highest BCUT2D eigenvalue weighted by Crippen LogP contribution is 2.21. The first-order valence-corrected chi connectivity index (χ1v) is 8.32. The van der Waals surface area contributed by atoms with E-state index >= 15 is 0 Å². The minimum absolute atomic E-state index is 0.201. The third-order valence-electron chi connectivity index (χ3n) is 3.02. The summed E-state index contributed by atoms with van der Waals surface area (Å²) in [5, 5.41) is 3.91. The maximum absolute atomic E-state index is 12.1. The normalized spacial score (nSPS) is 10.1. The molecule has 1 heterocycles. The number of hydrazine groups is 1. The Kier molecular flexibility index (Phi) is 5.76. The van der Waals surface area contributed by atoms with Gasteiger partial charge in [0.1, 0.15) is 0 Å². The Labute approximate surface area is 143 Å². The van der Waals surface area contributed by atoms with Gasteiger partial charge in [0.25, 0.3) is 5.91 Å². The second kappa shape index (κ2) is 7.58. The Balaban J connectivity index is 1.87. The van der Waals surface area contributed by atoms with Crippen molar-refractivity contribution < 1.29 is 4.79 Å². The quantitative estimate of drug-likeness (QED) is 0.578. The van der Waals surface area contributed by atoms with Gasteiger partial charge in [0, 0.05) is 15.6 Å². The molecule has 1 aromatic heterocycles. The lowest BCUT2D eigenvalue weighted by molar-refractivity contribution is 0.0948. The highest BCUT2D eigenvalue weighted by molar-refractivity contribution is 7.80. The molecule has 0 spiro atoms. The molecule has 0 saturated carbocycles. The fourth-order valence-electron chi connectivity index (χ4n) is 1.85. The van der Waals surface area contributed by atoms with Crippen molar-refractivity contribution in [1.82, 2.24) is 10.9 Å². The molecule has 0 aliphatic heterocycles. The van der Waals surface area contributed by atoms with Crippen molar-refractivity contribution in [3.05, 3.63) is 50.7 Å². The van der Waals surface area contributed by atoms with Crippen LogP contribution in [0.15, 0.2) is 30.3 Å². The van der Waals surface area contributed by atoms with Crippen LogP contribution in [0.5, 0.6) is 0 Å². The number of halogens is 1. The molecule has 0 atom stereocenters. The van der Waals surface area contributed by atoms with Gasteiger partial charge in [-0.3, -0.25) is 15.6 Å². The largest absolute Gasteiger partial charge is 0.331 e. The van der Waals surface area contributed by atoms with Crippen LogP contribution in [0.3, 0.4) is 0 Å². The summed E-state index contributed by atoms with van der Waals surface area (Å²) in [6.45, 7) is 4.08. The van der Waals surface area contributed by atoms with Crippen molar-refractivity contribution in [3.63, 3.8) is 0 Å². The minimum atomic E-state index is -0.201. The van der Waals surface area contributed by atoms with E-state index in [1.807, 2.05) is 13.0 Å². The van der Waals surface area contributed by atoms with Crippen LogP contribution in [0, 0.1) is 6.92 Å². The molecular formula is C15H16ClN3OS2. The Morgan fingerprint density at radius 3 is 2.55 bits per heavy atom. The number of hydrogen-bond acceptors (Lipinski definition) is 3. The van der Waals surface area contributed by atoms with E-state index in [2.05, 4.69) is 23.1 Å². The van der Waals surface area contributed by atoms with Crippen molar-refractivity contribution >= 4 is 51.9 Å².